The summed E-state index contributed by atoms with van der Waals surface area (Å²) in [7, 11) is 0. The highest BCUT2D eigenvalue weighted by Gasteiger charge is 2.30. The molecule has 19 heavy (non-hydrogen) atoms. The number of carbonyl (C=O) groups excluding carboxylic acids is 1. The highest BCUT2D eigenvalue weighted by molar-refractivity contribution is 5.82. The molecule has 0 aromatic heterocycles. The molecule has 0 N–H and O–H groups in total. The van der Waals surface area contributed by atoms with Crippen molar-refractivity contribution in [1.82, 2.24) is 0 Å². The van der Waals surface area contributed by atoms with Crippen LogP contribution >= 0.6 is 0 Å². The zero-order valence-electron chi connectivity index (χ0n) is 11.7. The van der Waals surface area contributed by atoms with Crippen molar-refractivity contribution in [3.63, 3.8) is 0 Å². The molecule has 0 radical (unpaired) electrons. The van der Waals surface area contributed by atoms with Crippen LogP contribution in [0.1, 0.15) is 68.4 Å². The lowest BCUT2D eigenvalue weighted by atomic mass is 9.73. The van der Waals surface area contributed by atoms with E-state index in [1.807, 2.05) is 0 Å². The molecule has 3 rings (SSSR count). The number of benzene rings is 1. The van der Waals surface area contributed by atoms with Gasteiger partial charge in [0.1, 0.15) is 5.78 Å². The largest absolute Gasteiger partial charge is 0.299 e. The first kappa shape index (κ1) is 12.9. The van der Waals surface area contributed by atoms with Gasteiger partial charge in [-0.2, -0.15) is 0 Å². The molecular weight excluding hydrogens is 232 g/mol. The monoisotopic (exact) mass is 256 g/mol. The molecule has 1 atom stereocenters. The van der Waals surface area contributed by atoms with Crippen molar-refractivity contribution >= 4 is 5.78 Å². The van der Waals surface area contributed by atoms with Crippen LogP contribution in [-0.4, -0.2) is 5.78 Å². The standard InChI is InChI=1S/C18H24O/c19-18(14-8-4-2-1-3-5-9-14)13-16-12-15-10-6-7-11-17(15)16/h6-7,10-11,14,16H,1-5,8-9,12-13H2. The van der Waals surface area contributed by atoms with Gasteiger partial charge < -0.3 is 0 Å². The van der Waals surface area contributed by atoms with Crippen molar-refractivity contribution in [3.8, 4) is 0 Å². The number of hydrogen-bond acceptors (Lipinski definition) is 1. The summed E-state index contributed by atoms with van der Waals surface area (Å²) >= 11 is 0. The van der Waals surface area contributed by atoms with E-state index in [-0.39, 0.29) is 0 Å². The van der Waals surface area contributed by atoms with Crippen LogP contribution in [0.2, 0.25) is 0 Å². The maximum absolute atomic E-state index is 12.5. The molecule has 1 saturated carbocycles. The lowest BCUT2D eigenvalue weighted by Gasteiger charge is -2.31. The van der Waals surface area contributed by atoms with E-state index in [1.54, 1.807) is 0 Å². The molecule has 0 heterocycles. The van der Waals surface area contributed by atoms with E-state index < -0.39 is 0 Å². The Bertz CT molecular complexity index is 441. The van der Waals surface area contributed by atoms with Gasteiger partial charge in [-0.05, 0) is 36.3 Å². The van der Waals surface area contributed by atoms with E-state index in [0.29, 0.717) is 17.6 Å². The highest BCUT2D eigenvalue weighted by atomic mass is 16.1. The molecular formula is C18H24O. The summed E-state index contributed by atoms with van der Waals surface area (Å²) in [5.74, 6) is 1.43. The average Bonchev–Trinajstić information content (AvgIpc) is 2.35. The summed E-state index contributed by atoms with van der Waals surface area (Å²) < 4.78 is 0. The number of Topliss-reactive ketones (excluding diaryl/α,β-unsaturated/α-hetero) is 1. The zero-order valence-corrected chi connectivity index (χ0v) is 11.7. The SMILES string of the molecule is O=C(CC1Cc2ccccc21)C1CCCCCCC1. The smallest absolute Gasteiger partial charge is 0.136 e. The number of rotatable bonds is 3. The molecule has 1 aromatic carbocycles. The van der Waals surface area contributed by atoms with Gasteiger partial charge in [0.05, 0.1) is 0 Å². The second kappa shape index (κ2) is 5.90. The molecule has 102 valence electrons. The molecule has 1 unspecified atom stereocenters. The van der Waals surface area contributed by atoms with Gasteiger partial charge in [0, 0.05) is 12.3 Å². The maximum Gasteiger partial charge on any atom is 0.136 e. The van der Waals surface area contributed by atoms with Crippen LogP contribution < -0.4 is 0 Å². The number of hydrogen-bond donors (Lipinski definition) is 0. The summed E-state index contributed by atoms with van der Waals surface area (Å²) in [6.07, 6.45) is 10.8. The van der Waals surface area contributed by atoms with Crippen LogP contribution in [0.5, 0.6) is 0 Å². The number of carbonyl (C=O) groups is 1. The Morgan fingerprint density at radius 3 is 2.42 bits per heavy atom. The Morgan fingerprint density at radius 1 is 1.00 bits per heavy atom. The van der Waals surface area contributed by atoms with Crippen molar-refractivity contribution in [3.05, 3.63) is 35.4 Å². The third-order valence-electron chi connectivity index (χ3n) is 4.97. The Labute approximate surface area is 116 Å². The Kier molecular flexibility index (Phi) is 4.00. The predicted octanol–water partition coefficient (Wildman–Crippen LogP) is 4.65. The molecule has 0 spiro atoms. The molecule has 0 saturated heterocycles. The van der Waals surface area contributed by atoms with E-state index >= 15 is 0 Å². The first-order valence-electron chi connectivity index (χ1n) is 7.95. The topological polar surface area (TPSA) is 17.1 Å². The van der Waals surface area contributed by atoms with Gasteiger partial charge in [0.15, 0.2) is 0 Å². The molecule has 1 heteroatoms. The molecule has 2 aliphatic carbocycles. The van der Waals surface area contributed by atoms with E-state index in [1.165, 1.54) is 43.2 Å². The predicted molar refractivity (Wildman–Crippen MR) is 78.3 cm³/mol. The third kappa shape index (κ3) is 2.91. The van der Waals surface area contributed by atoms with Crippen LogP contribution in [0.15, 0.2) is 24.3 Å². The molecule has 1 fully saturated rings. The maximum atomic E-state index is 12.5. The van der Waals surface area contributed by atoms with Crippen LogP contribution in [0.3, 0.4) is 0 Å². The van der Waals surface area contributed by atoms with Crippen molar-refractivity contribution in [2.45, 2.75) is 63.7 Å². The van der Waals surface area contributed by atoms with E-state index in [2.05, 4.69) is 24.3 Å². The van der Waals surface area contributed by atoms with Gasteiger partial charge in [-0.1, -0.05) is 56.4 Å². The molecule has 1 aromatic rings. The third-order valence-corrected chi connectivity index (χ3v) is 4.97. The first-order chi connectivity index (χ1) is 9.34. The summed E-state index contributed by atoms with van der Waals surface area (Å²) in [6.45, 7) is 0. The second-order valence-corrected chi connectivity index (χ2v) is 6.31. The van der Waals surface area contributed by atoms with Crippen molar-refractivity contribution in [2.75, 3.05) is 0 Å². The van der Waals surface area contributed by atoms with Crippen LogP contribution in [0.25, 0.3) is 0 Å². The minimum absolute atomic E-state index is 0.369. The lowest BCUT2D eigenvalue weighted by Crippen LogP contribution is -2.24. The van der Waals surface area contributed by atoms with Crippen molar-refractivity contribution in [1.29, 1.82) is 0 Å². The van der Waals surface area contributed by atoms with E-state index in [0.717, 1.165) is 25.7 Å². The average molecular weight is 256 g/mol. The quantitative estimate of drug-likeness (QED) is 0.769. The van der Waals surface area contributed by atoms with E-state index in [9.17, 15) is 4.79 Å². The summed E-state index contributed by atoms with van der Waals surface area (Å²) in [5.41, 5.74) is 2.89. The van der Waals surface area contributed by atoms with Gasteiger partial charge in [0.25, 0.3) is 0 Å². The van der Waals surface area contributed by atoms with Crippen LogP contribution in [0.4, 0.5) is 0 Å². The molecule has 0 aliphatic heterocycles. The normalized spacial score (nSPS) is 23.9. The Hall–Kier alpha value is -1.11. The van der Waals surface area contributed by atoms with Crippen molar-refractivity contribution < 1.29 is 4.79 Å². The summed E-state index contributed by atoms with van der Waals surface area (Å²) in [5, 5.41) is 0. The fourth-order valence-electron chi connectivity index (χ4n) is 3.73. The van der Waals surface area contributed by atoms with Gasteiger partial charge in [0.2, 0.25) is 0 Å². The second-order valence-electron chi connectivity index (χ2n) is 6.31. The van der Waals surface area contributed by atoms with E-state index in [4.69, 9.17) is 0 Å². The fourth-order valence-corrected chi connectivity index (χ4v) is 3.73. The number of fused-ring (bicyclic) bond motifs is 1. The lowest BCUT2D eigenvalue weighted by molar-refractivity contribution is -0.124. The summed E-state index contributed by atoms with van der Waals surface area (Å²) in [4.78, 5) is 12.5. The van der Waals surface area contributed by atoms with Gasteiger partial charge in [-0.25, -0.2) is 0 Å². The van der Waals surface area contributed by atoms with Gasteiger partial charge in [-0.3, -0.25) is 4.79 Å². The highest BCUT2D eigenvalue weighted by Crippen LogP contribution is 2.38. The molecule has 1 nitrogen and oxygen atoms in total. The zero-order chi connectivity index (χ0) is 13.1. The Balaban J connectivity index is 1.57. The van der Waals surface area contributed by atoms with Gasteiger partial charge in [-0.15, -0.1) is 0 Å². The first-order valence-corrected chi connectivity index (χ1v) is 7.95. The Morgan fingerprint density at radius 2 is 1.68 bits per heavy atom. The fraction of sp³-hybridized carbons (Fsp3) is 0.611. The minimum atomic E-state index is 0.369. The van der Waals surface area contributed by atoms with Crippen LogP contribution in [-0.2, 0) is 11.2 Å². The van der Waals surface area contributed by atoms with Gasteiger partial charge >= 0.3 is 0 Å². The molecule has 2 aliphatic rings. The van der Waals surface area contributed by atoms with Crippen LogP contribution in [0, 0.1) is 5.92 Å². The molecule has 0 bridgehead atoms. The van der Waals surface area contributed by atoms with Crippen molar-refractivity contribution in [2.24, 2.45) is 5.92 Å². The molecule has 0 amide bonds. The number of ketones is 1. The minimum Gasteiger partial charge on any atom is -0.299 e. The summed E-state index contributed by atoms with van der Waals surface area (Å²) in [6, 6.07) is 8.61.